The Balaban J connectivity index is 1.52. The predicted octanol–water partition coefficient (Wildman–Crippen LogP) is 6.86. The average molecular weight is 513 g/mol. The fourth-order valence-electron chi connectivity index (χ4n) is 2.81. The van der Waals surface area contributed by atoms with Gasteiger partial charge in [-0.1, -0.05) is 34.8 Å². The number of nitrogens with zero attached hydrogens (tertiary/aromatic N) is 1. The number of carbonyl (C=O) groups is 1. The molecule has 3 aromatic carbocycles. The highest BCUT2D eigenvalue weighted by molar-refractivity contribution is 7.80. The molecule has 5 nitrogen and oxygen atoms in total. The lowest BCUT2D eigenvalue weighted by atomic mass is 10.2. The van der Waals surface area contributed by atoms with Gasteiger partial charge in [0.05, 0.1) is 21.2 Å². The molecule has 0 fully saturated rings. The Bertz CT molecular complexity index is 1390. The summed E-state index contributed by atoms with van der Waals surface area (Å²) in [5.41, 5.74) is 1.61. The maximum absolute atomic E-state index is 13.6. The maximum atomic E-state index is 13.6. The van der Waals surface area contributed by atoms with Crippen molar-refractivity contribution in [1.82, 2.24) is 10.3 Å². The molecule has 0 atom stereocenters. The van der Waals surface area contributed by atoms with Crippen molar-refractivity contribution >= 4 is 74.8 Å². The van der Waals surface area contributed by atoms with Crippen LogP contribution in [0.15, 0.2) is 52.9 Å². The first kappa shape index (κ1) is 22.4. The van der Waals surface area contributed by atoms with Gasteiger partial charge in [0.1, 0.15) is 5.52 Å². The number of nitrogens with one attached hydrogen (secondary N) is 2. The van der Waals surface area contributed by atoms with Gasteiger partial charge in [-0.2, -0.15) is 0 Å². The second-order valence-electron chi connectivity index (χ2n) is 6.48. The highest BCUT2D eigenvalue weighted by Gasteiger charge is 2.17. The Labute approximate surface area is 200 Å². The molecule has 0 saturated carbocycles. The van der Waals surface area contributed by atoms with Crippen LogP contribution in [0, 0.1) is 11.6 Å². The van der Waals surface area contributed by atoms with Crippen molar-refractivity contribution in [3.8, 4) is 11.5 Å². The summed E-state index contributed by atoms with van der Waals surface area (Å²) in [4.78, 5) is 16.6. The third-order valence-corrected chi connectivity index (χ3v) is 5.35. The molecule has 1 aromatic heterocycles. The van der Waals surface area contributed by atoms with Gasteiger partial charge in [0, 0.05) is 10.7 Å². The number of thiocarbonyl (C=S) groups is 1. The minimum absolute atomic E-state index is 0.0211. The fraction of sp³-hybridized carbons (Fsp3) is 0. The Hall–Kier alpha value is -2.78. The van der Waals surface area contributed by atoms with Gasteiger partial charge in [0.25, 0.3) is 5.91 Å². The lowest BCUT2D eigenvalue weighted by Crippen LogP contribution is -2.34. The van der Waals surface area contributed by atoms with E-state index in [9.17, 15) is 13.6 Å². The van der Waals surface area contributed by atoms with Gasteiger partial charge in [-0.25, -0.2) is 13.8 Å². The number of oxazole rings is 1. The topological polar surface area (TPSA) is 67.2 Å². The summed E-state index contributed by atoms with van der Waals surface area (Å²) in [5.74, 6) is -2.64. The van der Waals surface area contributed by atoms with E-state index >= 15 is 0 Å². The summed E-state index contributed by atoms with van der Waals surface area (Å²) >= 11 is 23.0. The van der Waals surface area contributed by atoms with E-state index in [1.165, 1.54) is 18.2 Å². The molecule has 162 valence electrons. The van der Waals surface area contributed by atoms with Crippen LogP contribution in [-0.4, -0.2) is 16.0 Å². The van der Waals surface area contributed by atoms with Crippen molar-refractivity contribution < 1.29 is 18.0 Å². The number of amides is 1. The number of halogens is 5. The fourth-order valence-corrected chi connectivity index (χ4v) is 3.75. The van der Waals surface area contributed by atoms with Crippen molar-refractivity contribution in [2.45, 2.75) is 0 Å². The van der Waals surface area contributed by atoms with Crippen molar-refractivity contribution in [3.05, 3.63) is 80.8 Å². The van der Waals surface area contributed by atoms with Crippen LogP contribution >= 0.6 is 47.0 Å². The minimum Gasteiger partial charge on any atom is -0.436 e. The second-order valence-corrected chi connectivity index (χ2v) is 8.14. The molecule has 0 bridgehead atoms. The van der Waals surface area contributed by atoms with E-state index in [0.29, 0.717) is 21.8 Å². The van der Waals surface area contributed by atoms with Crippen LogP contribution in [0.4, 0.5) is 14.5 Å². The first-order chi connectivity index (χ1) is 15.2. The van der Waals surface area contributed by atoms with Gasteiger partial charge < -0.3 is 9.73 Å². The maximum Gasteiger partial charge on any atom is 0.258 e. The molecule has 4 rings (SSSR count). The van der Waals surface area contributed by atoms with Gasteiger partial charge in [0.2, 0.25) is 5.89 Å². The molecular weight excluding hydrogens is 503 g/mol. The van der Waals surface area contributed by atoms with Crippen molar-refractivity contribution in [3.63, 3.8) is 0 Å². The van der Waals surface area contributed by atoms with E-state index in [1.807, 2.05) is 0 Å². The molecule has 2 N–H and O–H groups in total. The van der Waals surface area contributed by atoms with Crippen LogP contribution in [0.25, 0.3) is 22.6 Å². The first-order valence-corrected chi connectivity index (χ1v) is 10.4. The molecule has 0 unspecified atom stereocenters. The highest BCUT2D eigenvalue weighted by atomic mass is 35.5. The Morgan fingerprint density at radius 2 is 1.72 bits per heavy atom. The summed E-state index contributed by atoms with van der Waals surface area (Å²) < 4.78 is 32.5. The minimum atomic E-state index is -1.07. The molecule has 0 saturated heterocycles. The normalized spacial score (nSPS) is 10.9. The summed E-state index contributed by atoms with van der Waals surface area (Å²) in [7, 11) is 0. The first-order valence-electron chi connectivity index (χ1n) is 8.84. The summed E-state index contributed by atoms with van der Waals surface area (Å²) in [5, 5.41) is 5.94. The van der Waals surface area contributed by atoms with Crippen LogP contribution in [0.3, 0.4) is 0 Å². The Kier molecular flexibility index (Phi) is 6.30. The smallest absolute Gasteiger partial charge is 0.258 e. The van der Waals surface area contributed by atoms with Crippen molar-refractivity contribution in [2.24, 2.45) is 0 Å². The van der Waals surface area contributed by atoms with Gasteiger partial charge in [-0.15, -0.1) is 0 Å². The summed E-state index contributed by atoms with van der Waals surface area (Å²) in [6.45, 7) is 0. The van der Waals surface area contributed by atoms with Gasteiger partial charge in [-0.05, 0) is 60.7 Å². The van der Waals surface area contributed by atoms with Crippen LogP contribution in [0.5, 0.6) is 0 Å². The monoisotopic (exact) mass is 511 g/mol. The van der Waals surface area contributed by atoms with Gasteiger partial charge in [-0.3, -0.25) is 10.1 Å². The van der Waals surface area contributed by atoms with Gasteiger partial charge >= 0.3 is 0 Å². The number of aromatic nitrogens is 1. The third-order valence-electron chi connectivity index (χ3n) is 4.29. The average Bonchev–Trinajstić information content (AvgIpc) is 3.13. The van der Waals surface area contributed by atoms with Crippen LogP contribution < -0.4 is 10.6 Å². The van der Waals surface area contributed by atoms with Crippen LogP contribution in [0.2, 0.25) is 15.1 Å². The molecule has 1 heterocycles. The zero-order valence-corrected chi connectivity index (χ0v) is 18.8. The lowest BCUT2D eigenvalue weighted by molar-refractivity contribution is 0.0978. The largest absolute Gasteiger partial charge is 0.436 e. The molecule has 0 aliphatic heterocycles. The van der Waals surface area contributed by atoms with Crippen molar-refractivity contribution in [2.75, 3.05) is 5.32 Å². The van der Waals surface area contributed by atoms with E-state index in [2.05, 4.69) is 15.6 Å². The zero-order valence-electron chi connectivity index (χ0n) is 15.7. The molecule has 0 aliphatic carbocycles. The van der Waals surface area contributed by atoms with E-state index in [1.54, 1.807) is 18.2 Å². The summed E-state index contributed by atoms with van der Waals surface area (Å²) in [6, 6.07) is 11.1. The van der Waals surface area contributed by atoms with Crippen molar-refractivity contribution in [1.29, 1.82) is 0 Å². The number of benzene rings is 3. The predicted molar refractivity (Wildman–Crippen MR) is 125 cm³/mol. The van der Waals surface area contributed by atoms with E-state index in [-0.39, 0.29) is 32.2 Å². The van der Waals surface area contributed by atoms with E-state index in [0.717, 1.165) is 12.1 Å². The van der Waals surface area contributed by atoms with Crippen LogP contribution in [0.1, 0.15) is 10.4 Å². The zero-order chi connectivity index (χ0) is 23.0. The standard InChI is InChI=1S/C21H10Cl3F2N3O2S/c22-9-1-3-11(13(23)5-9)19(30)29-21(32)27-10-2-4-18-17(6-10)28-20(31-18)12-7-15(25)16(26)8-14(12)24/h1-8H,(H2,27,29,30,32). The number of anilines is 1. The number of hydrogen-bond donors (Lipinski definition) is 2. The number of fused-ring (bicyclic) bond motifs is 1. The quantitative estimate of drug-likeness (QED) is 0.232. The number of rotatable bonds is 3. The molecule has 1 amide bonds. The van der Waals surface area contributed by atoms with E-state index < -0.39 is 17.5 Å². The van der Waals surface area contributed by atoms with Gasteiger partial charge in [0.15, 0.2) is 22.3 Å². The molecular formula is C21H10Cl3F2N3O2S. The van der Waals surface area contributed by atoms with E-state index in [4.69, 9.17) is 51.4 Å². The highest BCUT2D eigenvalue weighted by Crippen LogP contribution is 2.32. The van der Waals surface area contributed by atoms with Crippen LogP contribution in [-0.2, 0) is 0 Å². The Morgan fingerprint density at radius 1 is 0.969 bits per heavy atom. The molecule has 32 heavy (non-hydrogen) atoms. The second kappa shape index (κ2) is 8.99. The SMILES string of the molecule is O=C(NC(=S)Nc1ccc2oc(-c3cc(F)c(F)cc3Cl)nc2c1)c1ccc(Cl)cc1Cl. The third kappa shape index (κ3) is 4.68. The molecule has 0 radical (unpaired) electrons. The lowest BCUT2D eigenvalue weighted by Gasteiger charge is -2.10. The Morgan fingerprint density at radius 3 is 2.47 bits per heavy atom. The molecule has 0 aliphatic rings. The molecule has 0 spiro atoms. The molecule has 11 heteroatoms. The number of hydrogen-bond acceptors (Lipinski definition) is 4. The number of carbonyl (C=O) groups excluding carboxylic acids is 1. The summed E-state index contributed by atoms with van der Waals surface area (Å²) in [6.07, 6.45) is 0. The molecule has 4 aromatic rings.